The minimum Gasteiger partial charge on any atom is -0.334 e. The third-order valence-electron chi connectivity index (χ3n) is 0. The summed E-state index contributed by atoms with van der Waals surface area (Å²) in [5.74, 6) is -3.33. The lowest BCUT2D eigenvalue weighted by atomic mass is 15.9. The van der Waals surface area contributed by atoms with Crippen molar-refractivity contribution in [1.82, 2.24) is 0 Å². The molecular formula is H3Cl2O2PS. The number of hydrogen-bond donors (Lipinski definition) is 2. The molecule has 0 unspecified atom stereocenters. The summed E-state index contributed by atoms with van der Waals surface area (Å²) in [5.41, 5.74) is 0. The molecule has 0 bridgehead atoms. The van der Waals surface area contributed by atoms with E-state index in [1.54, 1.807) is 0 Å². The molecule has 0 heterocycles. The van der Waals surface area contributed by atoms with Crippen LogP contribution < -0.4 is 0 Å². The van der Waals surface area contributed by atoms with Crippen LogP contribution in [-0.2, 0) is 11.8 Å². The molecule has 0 aromatic heterocycles. The monoisotopic (exact) mass is 168 g/mol. The van der Waals surface area contributed by atoms with Crippen LogP contribution in [-0.4, -0.2) is 9.79 Å². The first-order valence-electron chi connectivity index (χ1n) is 0.752. The van der Waals surface area contributed by atoms with Gasteiger partial charge in [0, 0.05) is 0 Å². The number of hydrogen-bond acceptors (Lipinski definition) is 1. The van der Waals surface area contributed by atoms with Crippen molar-refractivity contribution >= 4 is 41.3 Å². The van der Waals surface area contributed by atoms with Crippen molar-refractivity contribution < 1.29 is 9.79 Å². The summed E-state index contributed by atoms with van der Waals surface area (Å²) in [7, 11) is 0. The van der Waals surface area contributed by atoms with Gasteiger partial charge < -0.3 is 9.79 Å². The van der Waals surface area contributed by atoms with Gasteiger partial charge in [0.2, 0.25) is 0 Å². The van der Waals surface area contributed by atoms with E-state index in [2.05, 4.69) is 23.0 Å². The zero-order valence-electron chi connectivity index (χ0n) is 2.54. The number of halogens is 2. The predicted octanol–water partition coefficient (Wildman–Crippen LogP) is 0.856. The summed E-state index contributed by atoms with van der Waals surface area (Å²) in [6.07, 6.45) is 0. The summed E-state index contributed by atoms with van der Waals surface area (Å²) >= 11 is 8.38. The highest BCUT2D eigenvalue weighted by atomic mass is 35.7. The van der Waals surface area contributed by atoms with E-state index in [4.69, 9.17) is 9.79 Å². The van der Waals surface area contributed by atoms with Crippen molar-refractivity contribution in [3.8, 4) is 0 Å². The fourth-order valence-electron chi connectivity index (χ4n) is 0. The van der Waals surface area contributed by atoms with E-state index in [1.165, 1.54) is 0 Å². The van der Waals surface area contributed by atoms with Crippen LogP contribution in [0.25, 0.3) is 0 Å². The van der Waals surface area contributed by atoms with E-state index in [0.717, 1.165) is 0 Å². The topological polar surface area (TPSA) is 40.5 Å². The van der Waals surface area contributed by atoms with E-state index in [1.807, 2.05) is 0 Å². The molecular weight excluding hydrogens is 166 g/mol. The second-order valence-corrected chi connectivity index (χ2v) is 4.96. The summed E-state index contributed by atoms with van der Waals surface area (Å²) in [5, 5.41) is 0. The van der Waals surface area contributed by atoms with Crippen molar-refractivity contribution in [2.24, 2.45) is 0 Å². The van der Waals surface area contributed by atoms with E-state index < -0.39 is 5.84 Å². The minimum absolute atomic E-state index is 0. The van der Waals surface area contributed by atoms with Crippen LogP contribution in [0.4, 0.5) is 0 Å². The second kappa shape index (κ2) is 3.19. The average molecular weight is 169 g/mol. The van der Waals surface area contributed by atoms with Crippen LogP contribution in [0, 0.1) is 0 Å². The summed E-state index contributed by atoms with van der Waals surface area (Å²) in [6, 6.07) is 0. The first-order chi connectivity index (χ1) is 2.00. The maximum atomic E-state index is 7.77. The Balaban J connectivity index is 0. The standard InChI is InChI=1S/ClH2O2PS.ClH/c1-4(2,3)5;/h(H2,2,3,5);1H. The molecule has 2 nitrogen and oxygen atoms in total. The molecule has 6 heteroatoms. The minimum atomic E-state index is -3.33. The SMILES string of the molecule is Cl.OP(O)(=S)Cl. The molecule has 40 valence electrons. The van der Waals surface area contributed by atoms with Gasteiger partial charge in [-0.3, -0.25) is 0 Å². The summed E-state index contributed by atoms with van der Waals surface area (Å²) in [6.45, 7) is 0. The van der Waals surface area contributed by atoms with Crippen molar-refractivity contribution in [3.05, 3.63) is 0 Å². The first-order valence-corrected chi connectivity index (χ1v) is 4.36. The Hall–Kier alpha value is 1.15. The van der Waals surface area contributed by atoms with Gasteiger partial charge in [-0.05, 0) is 23.0 Å². The van der Waals surface area contributed by atoms with Crippen molar-refractivity contribution in [2.45, 2.75) is 0 Å². The second-order valence-electron chi connectivity index (χ2n) is 0.473. The molecule has 0 fully saturated rings. The zero-order valence-corrected chi connectivity index (χ0v) is 5.82. The lowest BCUT2D eigenvalue weighted by Gasteiger charge is -1.85. The Morgan fingerprint density at radius 1 is 1.50 bits per heavy atom. The van der Waals surface area contributed by atoms with Gasteiger partial charge in [0.05, 0.1) is 0 Å². The van der Waals surface area contributed by atoms with Gasteiger partial charge in [-0.1, -0.05) is 0 Å². The largest absolute Gasteiger partial charge is 0.334 e. The molecule has 0 aliphatic carbocycles. The maximum Gasteiger partial charge on any atom is 0.276 e. The van der Waals surface area contributed by atoms with Gasteiger partial charge >= 0.3 is 0 Å². The van der Waals surface area contributed by atoms with Gasteiger partial charge in [0.25, 0.3) is 5.84 Å². The smallest absolute Gasteiger partial charge is 0.276 e. The van der Waals surface area contributed by atoms with E-state index in [-0.39, 0.29) is 12.4 Å². The van der Waals surface area contributed by atoms with Gasteiger partial charge in [0.1, 0.15) is 0 Å². The van der Waals surface area contributed by atoms with Gasteiger partial charge in [-0.25, -0.2) is 0 Å². The molecule has 0 saturated heterocycles. The molecule has 0 aromatic carbocycles. The first kappa shape index (κ1) is 10.2. The van der Waals surface area contributed by atoms with Crippen LogP contribution in [0.5, 0.6) is 0 Å². The Labute approximate surface area is 51.5 Å². The van der Waals surface area contributed by atoms with Crippen LogP contribution in [0.15, 0.2) is 0 Å². The zero-order chi connectivity index (χ0) is 4.50. The molecule has 0 atom stereocenters. The third-order valence-corrected chi connectivity index (χ3v) is 0. The molecule has 0 amide bonds. The molecule has 6 heavy (non-hydrogen) atoms. The van der Waals surface area contributed by atoms with Crippen LogP contribution in [0.2, 0.25) is 0 Å². The molecule has 0 aromatic rings. The van der Waals surface area contributed by atoms with Crippen LogP contribution >= 0.6 is 29.5 Å². The molecule has 0 spiro atoms. The van der Waals surface area contributed by atoms with Crippen molar-refractivity contribution in [1.29, 1.82) is 0 Å². The van der Waals surface area contributed by atoms with Crippen molar-refractivity contribution in [3.63, 3.8) is 0 Å². The Bertz CT molecular complexity index is 57.7. The quantitative estimate of drug-likeness (QED) is 0.528. The Morgan fingerprint density at radius 3 is 1.50 bits per heavy atom. The molecule has 0 radical (unpaired) electrons. The van der Waals surface area contributed by atoms with E-state index >= 15 is 0 Å². The normalized spacial score (nSPS) is 9.83. The van der Waals surface area contributed by atoms with Gasteiger partial charge in [0.15, 0.2) is 0 Å². The van der Waals surface area contributed by atoms with E-state index in [0.29, 0.717) is 0 Å². The Morgan fingerprint density at radius 2 is 1.50 bits per heavy atom. The van der Waals surface area contributed by atoms with Gasteiger partial charge in [-0.15, -0.1) is 12.4 Å². The number of rotatable bonds is 0. The molecule has 2 N–H and O–H groups in total. The molecule has 0 aliphatic rings. The molecule has 0 aliphatic heterocycles. The highest BCUT2D eigenvalue weighted by molar-refractivity contribution is 8.21. The fourth-order valence-corrected chi connectivity index (χ4v) is 0. The Kier molecular flexibility index (Phi) is 5.42. The lowest BCUT2D eigenvalue weighted by molar-refractivity contribution is 0.500. The van der Waals surface area contributed by atoms with Gasteiger partial charge in [-0.2, -0.15) is 0 Å². The summed E-state index contributed by atoms with van der Waals surface area (Å²) < 4.78 is 0. The highest BCUT2D eigenvalue weighted by Gasteiger charge is 1.93. The lowest BCUT2D eigenvalue weighted by Crippen LogP contribution is -1.53. The molecule has 0 saturated carbocycles. The highest BCUT2D eigenvalue weighted by Crippen LogP contribution is 2.40. The van der Waals surface area contributed by atoms with Crippen LogP contribution in [0.1, 0.15) is 0 Å². The molecule has 0 rings (SSSR count). The maximum absolute atomic E-state index is 7.77. The van der Waals surface area contributed by atoms with Crippen molar-refractivity contribution in [2.75, 3.05) is 0 Å². The average Bonchev–Trinajstić information content (AvgIpc) is 0.722. The predicted molar refractivity (Wildman–Crippen MR) is 31.8 cm³/mol. The van der Waals surface area contributed by atoms with E-state index in [9.17, 15) is 0 Å². The van der Waals surface area contributed by atoms with Crippen LogP contribution in [0.3, 0.4) is 0 Å². The third kappa shape index (κ3) is 67.1. The fraction of sp³-hybridized carbons (Fsp3) is 0. The summed E-state index contributed by atoms with van der Waals surface area (Å²) in [4.78, 5) is 15.5.